The standard InChI is InChI=1S/2C3H7.C2H6.Al.H2O/c2*1-3-2;1-2;;/h2*3H,1-2H3;1-2H3;;1H2. The molecule has 0 fully saturated rings. The Balaban J connectivity index is -0.000000149. The molecule has 0 bridgehead atoms. The Labute approximate surface area is 72.2 Å². The fourth-order valence-corrected chi connectivity index (χ4v) is 2.31. The van der Waals surface area contributed by atoms with Crippen molar-refractivity contribution in [3.63, 3.8) is 0 Å². The fraction of sp³-hybridized carbons (Fsp3) is 1.00. The molecule has 0 rings (SSSR count). The Morgan fingerprint density at radius 3 is 1.00 bits per heavy atom. The van der Waals surface area contributed by atoms with Gasteiger partial charge in [0, 0.05) is 0 Å². The molecule has 2 heteroatoms. The minimum atomic E-state index is 0. The van der Waals surface area contributed by atoms with E-state index in [1.54, 1.807) is 0 Å². The summed E-state index contributed by atoms with van der Waals surface area (Å²) in [4.78, 5) is 0. The first-order valence-electron chi connectivity index (χ1n) is 3.98. The minimum Gasteiger partial charge on any atom is -0.412 e. The van der Waals surface area contributed by atoms with Crippen LogP contribution >= 0.6 is 0 Å². The molecule has 0 aromatic rings. The van der Waals surface area contributed by atoms with Crippen molar-refractivity contribution in [2.24, 2.45) is 0 Å². The lowest BCUT2D eigenvalue weighted by atomic mass is 10.5. The van der Waals surface area contributed by atoms with E-state index in [4.69, 9.17) is 0 Å². The molecule has 0 saturated heterocycles. The number of hydrogen-bond donors (Lipinski definition) is 0. The van der Waals surface area contributed by atoms with Crippen molar-refractivity contribution >= 4 is 15.2 Å². The normalized spacial score (nSPS) is 8.00. The highest BCUT2D eigenvalue weighted by atomic mass is 27.1. The van der Waals surface area contributed by atoms with Crippen LogP contribution in [0.3, 0.4) is 0 Å². The van der Waals surface area contributed by atoms with Crippen molar-refractivity contribution in [3.8, 4) is 0 Å². The van der Waals surface area contributed by atoms with Gasteiger partial charge in [-0.3, -0.25) is 0 Å². The lowest BCUT2D eigenvalue weighted by Gasteiger charge is -2.02. The second kappa shape index (κ2) is 12.2. The first-order valence-corrected chi connectivity index (χ1v) is 5.31. The van der Waals surface area contributed by atoms with Crippen LogP contribution in [0.1, 0.15) is 41.5 Å². The summed E-state index contributed by atoms with van der Waals surface area (Å²) in [7, 11) is 0. The van der Waals surface area contributed by atoms with Crippen molar-refractivity contribution in [1.82, 2.24) is 0 Å². The van der Waals surface area contributed by atoms with Gasteiger partial charge in [-0.15, -0.1) is 0 Å². The average molecular weight is 161 g/mol. The molecule has 0 aliphatic carbocycles. The van der Waals surface area contributed by atoms with Gasteiger partial charge in [0.2, 0.25) is 15.2 Å². The van der Waals surface area contributed by atoms with E-state index >= 15 is 0 Å². The number of rotatable bonds is 2. The maximum absolute atomic E-state index is 2.30. The SMILES string of the molecule is CC.C[CH](C)[Al][CH](C)C.O. The summed E-state index contributed by atoms with van der Waals surface area (Å²) in [6.07, 6.45) is 0. The molecule has 0 unspecified atom stereocenters. The molecule has 0 spiro atoms. The molecule has 0 atom stereocenters. The van der Waals surface area contributed by atoms with Crippen molar-refractivity contribution in [1.29, 1.82) is 0 Å². The summed E-state index contributed by atoms with van der Waals surface area (Å²) in [5.74, 6) is 0. The lowest BCUT2D eigenvalue weighted by molar-refractivity contribution is 0.824. The molecule has 0 aliphatic rings. The highest BCUT2D eigenvalue weighted by molar-refractivity contribution is 6.38. The minimum absolute atomic E-state index is 0. The van der Waals surface area contributed by atoms with E-state index in [0.717, 1.165) is 9.56 Å². The highest BCUT2D eigenvalue weighted by Crippen LogP contribution is 2.07. The Bertz CT molecular complexity index is 38.5. The third kappa shape index (κ3) is 23.6. The zero-order chi connectivity index (χ0) is 7.86. The van der Waals surface area contributed by atoms with E-state index in [-0.39, 0.29) is 5.48 Å². The van der Waals surface area contributed by atoms with Gasteiger partial charge in [-0.1, -0.05) is 51.1 Å². The van der Waals surface area contributed by atoms with Gasteiger partial charge in [-0.2, -0.15) is 0 Å². The van der Waals surface area contributed by atoms with Crippen molar-refractivity contribution < 1.29 is 5.48 Å². The Kier molecular flexibility index (Phi) is 20.5. The first kappa shape index (κ1) is 16.8. The van der Waals surface area contributed by atoms with Crippen LogP contribution in [0.15, 0.2) is 0 Å². The van der Waals surface area contributed by atoms with Crippen LogP contribution in [0.2, 0.25) is 9.56 Å². The van der Waals surface area contributed by atoms with Crippen LogP contribution in [0.25, 0.3) is 0 Å². The van der Waals surface area contributed by atoms with Crippen LogP contribution in [-0.2, 0) is 0 Å². The van der Waals surface area contributed by atoms with Crippen molar-refractivity contribution in [2.45, 2.75) is 51.1 Å². The summed E-state index contributed by atoms with van der Waals surface area (Å²) < 4.78 is 1.92. The smallest absolute Gasteiger partial charge is 0.208 e. The zero-order valence-electron chi connectivity index (χ0n) is 8.23. The van der Waals surface area contributed by atoms with Crippen LogP contribution in [0.4, 0.5) is 0 Å². The Morgan fingerprint density at radius 1 is 0.800 bits per heavy atom. The lowest BCUT2D eigenvalue weighted by Crippen LogP contribution is -1.98. The van der Waals surface area contributed by atoms with E-state index in [1.165, 1.54) is 0 Å². The molecule has 1 radical (unpaired) electrons. The van der Waals surface area contributed by atoms with Gasteiger partial charge in [0.25, 0.3) is 0 Å². The molecule has 1 nitrogen and oxygen atoms in total. The highest BCUT2D eigenvalue weighted by Gasteiger charge is 1.99. The van der Waals surface area contributed by atoms with E-state index in [1.807, 2.05) is 13.8 Å². The molecule has 0 aromatic carbocycles. The average Bonchev–Trinajstić information content (AvgIpc) is 1.68. The summed E-state index contributed by atoms with van der Waals surface area (Å²) in [5, 5.41) is 0. The quantitative estimate of drug-likeness (QED) is 0.557. The predicted molar refractivity (Wildman–Crippen MR) is 50.9 cm³/mol. The predicted octanol–water partition coefficient (Wildman–Crippen LogP) is 2.55. The third-order valence-corrected chi connectivity index (χ3v) is 2.31. The van der Waals surface area contributed by atoms with Gasteiger partial charge < -0.3 is 5.48 Å². The molecule has 0 saturated carbocycles. The van der Waals surface area contributed by atoms with E-state index < -0.39 is 0 Å². The molecule has 10 heavy (non-hydrogen) atoms. The Hall–Kier alpha value is 0.492. The van der Waals surface area contributed by atoms with Crippen molar-refractivity contribution in [2.75, 3.05) is 0 Å². The summed E-state index contributed by atoms with van der Waals surface area (Å²) >= 11 is 0.713. The summed E-state index contributed by atoms with van der Waals surface area (Å²) in [6, 6.07) is 0. The summed E-state index contributed by atoms with van der Waals surface area (Å²) in [5.41, 5.74) is 0. The second-order valence-electron chi connectivity index (χ2n) is 2.68. The van der Waals surface area contributed by atoms with Crippen LogP contribution in [0, 0.1) is 0 Å². The maximum atomic E-state index is 2.30. The molecule has 0 heterocycles. The van der Waals surface area contributed by atoms with E-state index in [2.05, 4.69) is 27.7 Å². The second-order valence-corrected chi connectivity index (χ2v) is 5.73. The molecular weight excluding hydrogens is 139 g/mol. The van der Waals surface area contributed by atoms with Gasteiger partial charge in [0.05, 0.1) is 0 Å². The molecule has 63 valence electrons. The van der Waals surface area contributed by atoms with Gasteiger partial charge in [-0.05, 0) is 0 Å². The topological polar surface area (TPSA) is 31.5 Å². The molecule has 2 N–H and O–H groups in total. The summed E-state index contributed by atoms with van der Waals surface area (Å²) in [6.45, 7) is 13.2. The fourth-order valence-electron chi connectivity index (χ4n) is 0.770. The third-order valence-electron chi connectivity index (χ3n) is 0.770. The van der Waals surface area contributed by atoms with E-state index in [9.17, 15) is 0 Å². The van der Waals surface area contributed by atoms with Crippen LogP contribution < -0.4 is 0 Å². The molecular formula is C8H22AlO. The monoisotopic (exact) mass is 161 g/mol. The van der Waals surface area contributed by atoms with Crippen molar-refractivity contribution in [3.05, 3.63) is 0 Å². The zero-order valence-corrected chi connectivity index (χ0v) is 9.39. The van der Waals surface area contributed by atoms with Gasteiger partial charge in [0.1, 0.15) is 0 Å². The Morgan fingerprint density at radius 2 is 1.00 bits per heavy atom. The molecule has 0 aliphatic heterocycles. The molecule has 0 amide bonds. The van der Waals surface area contributed by atoms with Gasteiger partial charge >= 0.3 is 0 Å². The first-order chi connectivity index (χ1) is 4.13. The largest absolute Gasteiger partial charge is 0.412 e. The molecule has 0 aromatic heterocycles. The van der Waals surface area contributed by atoms with Crippen LogP contribution in [-0.4, -0.2) is 20.7 Å². The number of hydrogen-bond acceptors (Lipinski definition) is 0. The van der Waals surface area contributed by atoms with Crippen LogP contribution in [0.5, 0.6) is 0 Å². The van der Waals surface area contributed by atoms with Gasteiger partial charge in [-0.25, -0.2) is 0 Å². The maximum Gasteiger partial charge on any atom is 0.208 e. The van der Waals surface area contributed by atoms with E-state index in [0.29, 0.717) is 15.2 Å². The van der Waals surface area contributed by atoms with Gasteiger partial charge in [0.15, 0.2) is 0 Å².